The molecule has 19 heavy (non-hydrogen) atoms. The maximum absolute atomic E-state index is 14.7. The van der Waals surface area contributed by atoms with Crippen LogP contribution in [0.25, 0.3) is 0 Å². The van der Waals surface area contributed by atoms with Gasteiger partial charge in [0, 0.05) is 6.20 Å². The number of aromatic nitrogens is 2. The lowest BCUT2D eigenvalue weighted by atomic mass is 9.97. The Morgan fingerprint density at radius 3 is 2.84 bits per heavy atom. The number of nitrogens with one attached hydrogen (secondary N) is 1. The van der Waals surface area contributed by atoms with Crippen molar-refractivity contribution in [1.29, 1.82) is 0 Å². The molecule has 1 aromatic heterocycles. The molecule has 8 heteroatoms. The zero-order valence-corrected chi connectivity index (χ0v) is 11.2. The SMILES string of the molecule is C#CC1(F)C(O)C(CO)OC1n1ccc(=S)[nH]c1=S. The van der Waals surface area contributed by atoms with Crippen molar-refractivity contribution in [3.63, 3.8) is 0 Å². The molecule has 0 amide bonds. The van der Waals surface area contributed by atoms with E-state index >= 15 is 0 Å². The van der Waals surface area contributed by atoms with Crippen LogP contribution in [0.5, 0.6) is 0 Å². The van der Waals surface area contributed by atoms with Crippen molar-refractivity contribution in [2.45, 2.75) is 24.1 Å². The number of H-pyrrole nitrogens is 1. The minimum absolute atomic E-state index is 0.112. The van der Waals surface area contributed by atoms with Crippen LogP contribution in [-0.4, -0.2) is 44.2 Å². The topological polar surface area (TPSA) is 70.4 Å². The average molecular weight is 302 g/mol. The molecule has 1 aliphatic rings. The van der Waals surface area contributed by atoms with Gasteiger partial charge < -0.3 is 19.9 Å². The molecule has 4 atom stereocenters. The monoisotopic (exact) mass is 302 g/mol. The van der Waals surface area contributed by atoms with E-state index in [-0.39, 0.29) is 4.77 Å². The maximum Gasteiger partial charge on any atom is 0.243 e. The highest BCUT2D eigenvalue weighted by Gasteiger charge is 2.57. The predicted molar refractivity (Wildman–Crippen MR) is 70.1 cm³/mol. The fourth-order valence-electron chi connectivity index (χ4n) is 1.94. The number of nitrogens with zero attached hydrogens (tertiary/aromatic N) is 1. The number of ether oxygens (including phenoxy) is 1. The van der Waals surface area contributed by atoms with E-state index in [1.54, 1.807) is 0 Å². The third-order valence-corrected chi connectivity index (χ3v) is 3.50. The van der Waals surface area contributed by atoms with Crippen molar-refractivity contribution in [2.75, 3.05) is 6.61 Å². The van der Waals surface area contributed by atoms with Gasteiger partial charge in [0.15, 0.2) is 11.0 Å². The van der Waals surface area contributed by atoms with E-state index in [1.165, 1.54) is 16.8 Å². The minimum Gasteiger partial charge on any atom is -0.394 e. The van der Waals surface area contributed by atoms with E-state index in [1.807, 2.05) is 5.92 Å². The summed E-state index contributed by atoms with van der Waals surface area (Å²) in [5.74, 6) is 1.88. The van der Waals surface area contributed by atoms with Gasteiger partial charge in [-0.25, -0.2) is 4.39 Å². The molecular formula is C11H11FN2O3S2. The lowest BCUT2D eigenvalue weighted by Gasteiger charge is -2.24. The molecule has 0 aromatic carbocycles. The van der Waals surface area contributed by atoms with E-state index < -0.39 is 30.7 Å². The molecule has 4 unspecified atom stereocenters. The number of aliphatic hydroxyl groups excluding tert-OH is 2. The number of aromatic amines is 1. The molecule has 1 fully saturated rings. The molecule has 2 rings (SSSR count). The van der Waals surface area contributed by atoms with Gasteiger partial charge in [-0.15, -0.1) is 6.42 Å². The van der Waals surface area contributed by atoms with Gasteiger partial charge in [-0.3, -0.25) is 4.57 Å². The van der Waals surface area contributed by atoms with Gasteiger partial charge in [-0.2, -0.15) is 0 Å². The van der Waals surface area contributed by atoms with Crippen LogP contribution in [0.1, 0.15) is 6.23 Å². The molecule has 0 radical (unpaired) electrons. The number of hydrogen-bond donors (Lipinski definition) is 3. The Balaban J connectivity index is 2.52. The summed E-state index contributed by atoms with van der Waals surface area (Å²) in [6, 6.07) is 1.49. The lowest BCUT2D eigenvalue weighted by Crippen LogP contribution is -2.42. The standard InChI is InChI=1S/C11H11FN2O3S2/c1-2-11(12)8(16)6(5-15)17-9(11)14-4-3-7(18)13-10(14)19/h1,3-4,6,8-9,15-16H,5H2,(H,13,18,19). The van der Waals surface area contributed by atoms with Crippen molar-refractivity contribution >= 4 is 24.4 Å². The molecule has 0 aliphatic carbocycles. The molecule has 3 N–H and O–H groups in total. The summed E-state index contributed by atoms with van der Waals surface area (Å²) in [5, 5.41) is 18.9. The van der Waals surface area contributed by atoms with Gasteiger partial charge in [-0.1, -0.05) is 18.1 Å². The summed E-state index contributed by atoms with van der Waals surface area (Å²) in [5.41, 5.74) is -2.48. The molecule has 1 saturated heterocycles. The first-order valence-electron chi connectivity index (χ1n) is 5.36. The largest absolute Gasteiger partial charge is 0.394 e. The van der Waals surface area contributed by atoms with Gasteiger partial charge in [0.2, 0.25) is 5.67 Å². The van der Waals surface area contributed by atoms with E-state index in [4.69, 9.17) is 40.7 Å². The molecule has 5 nitrogen and oxygen atoms in total. The third kappa shape index (κ3) is 2.24. The van der Waals surface area contributed by atoms with Crippen molar-refractivity contribution in [2.24, 2.45) is 0 Å². The molecule has 0 spiro atoms. The number of terminal acetylenes is 1. The van der Waals surface area contributed by atoms with E-state index in [0.717, 1.165) is 0 Å². The van der Waals surface area contributed by atoms with E-state index in [9.17, 15) is 9.50 Å². The van der Waals surface area contributed by atoms with Crippen LogP contribution in [0.4, 0.5) is 4.39 Å². The number of rotatable bonds is 2. The number of halogens is 1. The van der Waals surface area contributed by atoms with Gasteiger partial charge in [0.1, 0.15) is 16.8 Å². The average Bonchev–Trinajstić information content (AvgIpc) is 2.63. The second kappa shape index (κ2) is 5.11. The summed E-state index contributed by atoms with van der Waals surface area (Å²) in [6.45, 7) is -0.554. The molecule has 0 saturated carbocycles. The summed E-state index contributed by atoms with van der Waals surface area (Å²) >= 11 is 9.91. The highest BCUT2D eigenvalue weighted by atomic mass is 32.1. The van der Waals surface area contributed by atoms with Crippen molar-refractivity contribution in [3.8, 4) is 12.3 Å². The molecule has 102 valence electrons. The number of alkyl halides is 1. The molecule has 1 aliphatic heterocycles. The maximum atomic E-state index is 14.7. The van der Waals surface area contributed by atoms with Crippen LogP contribution < -0.4 is 0 Å². The predicted octanol–water partition coefficient (Wildman–Crippen LogP) is 0.867. The van der Waals surface area contributed by atoms with Gasteiger partial charge in [0.25, 0.3) is 0 Å². The Bertz CT molecular complexity index is 638. The van der Waals surface area contributed by atoms with Crippen LogP contribution >= 0.6 is 24.4 Å². The highest BCUT2D eigenvalue weighted by Crippen LogP contribution is 2.41. The zero-order chi connectivity index (χ0) is 14.2. The minimum atomic E-state index is -2.48. The van der Waals surface area contributed by atoms with Gasteiger partial charge >= 0.3 is 0 Å². The highest BCUT2D eigenvalue weighted by molar-refractivity contribution is 7.72. The lowest BCUT2D eigenvalue weighted by molar-refractivity contribution is -0.0534. The van der Waals surface area contributed by atoms with Gasteiger partial charge in [0.05, 0.1) is 6.61 Å². The quantitative estimate of drug-likeness (QED) is 0.558. The van der Waals surface area contributed by atoms with Gasteiger partial charge in [-0.05, 0) is 18.3 Å². The van der Waals surface area contributed by atoms with Crippen molar-refractivity contribution < 1.29 is 19.3 Å². The number of hydrogen-bond acceptors (Lipinski definition) is 5. The molecular weight excluding hydrogens is 291 g/mol. The summed E-state index contributed by atoms with van der Waals surface area (Å²) in [6.07, 6.45) is 2.49. The van der Waals surface area contributed by atoms with Crippen LogP contribution in [0.3, 0.4) is 0 Å². The van der Waals surface area contributed by atoms with Crippen molar-refractivity contribution in [1.82, 2.24) is 9.55 Å². The first-order valence-corrected chi connectivity index (χ1v) is 6.18. The molecule has 0 bridgehead atoms. The Morgan fingerprint density at radius 1 is 1.63 bits per heavy atom. The van der Waals surface area contributed by atoms with Crippen LogP contribution in [-0.2, 0) is 4.74 Å². The third-order valence-electron chi connectivity index (χ3n) is 2.95. The molecule has 1 aromatic rings. The second-order valence-electron chi connectivity index (χ2n) is 4.08. The van der Waals surface area contributed by atoms with Crippen LogP contribution in [0.2, 0.25) is 0 Å². The molecule has 2 heterocycles. The fourth-order valence-corrected chi connectivity index (χ4v) is 2.42. The summed E-state index contributed by atoms with van der Waals surface area (Å²) in [4.78, 5) is 2.66. The normalized spacial score (nSPS) is 34.1. The Labute approximate surface area is 118 Å². The first-order chi connectivity index (χ1) is 8.93. The zero-order valence-electron chi connectivity index (χ0n) is 9.62. The second-order valence-corrected chi connectivity index (χ2v) is 4.91. The smallest absolute Gasteiger partial charge is 0.243 e. The van der Waals surface area contributed by atoms with Crippen LogP contribution in [0, 0.1) is 21.8 Å². The van der Waals surface area contributed by atoms with E-state index in [0.29, 0.717) is 4.64 Å². The summed E-state index contributed by atoms with van der Waals surface area (Å²) < 4.78 is 21.7. The first kappa shape index (κ1) is 14.3. The number of aliphatic hydroxyl groups is 2. The fraction of sp³-hybridized carbons (Fsp3) is 0.455. The Morgan fingerprint density at radius 2 is 2.32 bits per heavy atom. The Kier molecular flexibility index (Phi) is 3.85. The van der Waals surface area contributed by atoms with E-state index in [2.05, 4.69) is 4.98 Å². The van der Waals surface area contributed by atoms with Crippen molar-refractivity contribution in [3.05, 3.63) is 21.7 Å². The van der Waals surface area contributed by atoms with Crippen LogP contribution in [0.15, 0.2) is 12.3 Å². The Hall–Kier alpha value is -1.11. The summed E-state index contributed by atoms with van der Waals surface area (Å²) in [7, 11) is 0.